The zero-order valence-electron chi connectivity index (χ0n) is 25.6. The number of benzene rings is 2. The predicted octanol–water partition coefficient (Wildman–Crippen LogP) is 10.3. The Morgan fingerprint density at radius 3 is 1.67 bits per heavy atom. The van der Waals surface area contributed by atoms with E-state index >= 15 is 0 Å². The van der Waals surface area contributed by atoms with Gasteiger partial charge in [0.25, 0.3) is 5.91 Å². The molecule has 0 aromatic heterocycles. The highest BCUT2D eigenvalue weighted by Crippen LogP contribution is 2.23. The Morgan fingerprint density at radius 1 is 0.806 bits per heavy atom. The van der Waals surface area contributed by atoms with Gasteiger partial charge in [-0.25, -0.2) is 0 Å². The largest absolute Gasteiger partial charge is 0.493 e. The molecule has 2 aromatic rings. The van der Waals surface area contributed by atoms with Gasteiger partial charge in [-0.15, -0.1) is 0 Å². The minimum atomic E-state index is -0.0791. The molecule has 0 saturated heterocycles. The molecule has 206 valence electrons. The number of hydrogen-bond donors (Lipinski definition) is 1. The summed E-state index contributed by atoms with van der Waals surface area (Å²) in [5.41, 5.74) is 4.04. The van der Waals surface area contributed by atoms with Crippen molar-refractivity contribution in [2.24, 2.45) is 0 Å². The molecule has 3 nitrogen and oxygen atoms in total. The highest BCUT2D eigenvalue weighted by molar-refractivity contribution is 5.95. The topological polar surface area (TPSA) is 38.3 Å². The van der Waals surface area contributed by atoms with E-state index in [4.69, 9.17) is 4.74 Å². The lowest BCUT2D eigenvalue weighted by Crippen LogP contribution is -2.23. The van der Waals surface area contributed by atoms with Crippen LogP contribution in [-0.2, 0) is 11.2 Å². The Morgan fingerprint density at radius 2 is 1.28 bits per heavy atom. The molecule has 1 aliphatic rings. The summed E-state index contributed by atoms with van der Waals surface area (Å²) in [4.78, 5) is 12.2. The van der Waals surface area contributed by atoms with E-state index < -0.39 is 0 Å². The van der Waals surface area contributed by atoms with Crippen LogP contribution in [0.4, 0.5) is 0 Å². The predicted molar refractivity (Wildman–Crippen MR) is 162 cm³/mol. The number of aryl methyl sites for hydroxylation is 2. The van der Waals surface area contributed by atoms with E-state index in [0.29, 0.717) is 11.7 Å². The van der Waals surface area contributed by atoms with Gasteiger partial charge in [0.2, 0.25) is 0 Å². The monoisotopic (exact) mass is 499 g/mol. The number of allylic oxidation sites excluding steroid dienone is 2. The van der Waals surface area contributed by atoms with E-state index in [0.717, 1.165) is 30.7 Å². The lowest BCUT2D eigenvalue weighted by Gasteiger charge is -2.16. The van der Waals surface area contributed by atoms with Crippen LogP contribution in [0.2, 0.25) is 0 Å². The number of carbonyl (C=O) groups is 1. The first-order valence-electron chi connectivity index (χ1n) is 14.3. The molecule has 1 fully saturated rings. The summed E-state index contributed by atoms with van der Waals surface area (Å²) >= 11 is 0. The van der Waals surface area contributed by atoms with Gasteiger partial charge < -0.3 is 10.1 Å². The number of amides is 1. The second-order valence-corrected chi connectivity index (χ2v) is 7.36. The Kier molecular flexibility index (Phi) is 28.5. The molecule has 0 bridgehead atoms. The van der Waals surface area contributed by atoms with Gasteiger partial charge in [0.05, 0.1) is 11.8 Å². The number of hydrogen-bond acceptors (Lipinski definition) is 2. The molecule has 2 aromatic carbocycles. The maximum absolute atomic E-state index is 12.2. The second-order valence-electron chi connectivity index (χ2n) is 7.36. The Balaban J connectivity index is -0.000000602. The van der Waals surface area contributed by atoms with Crippen LogP contribution in [-0.4, -0.2) is 12.0 Å². The Bertz CT molecular complexity index is 758. The highest BCUT2D eigenvalue weighted by atomic mass is 16.5. The molecular formula is C33H57NO2. The molecule has 0 atom stereocenters. The average Bonchev–Trinajstić information content (AvgIpc) is 3.47. The minimum Gasteiger partial charge on any atom is -0.493 e. The van der Waals surface area contributed by atoms with Crippen LogP contribution in [0.3, 0.4) is 0 Å². The second kappa shape index (κ2) is 27.0. The summed E-state index contributed by atoms with van der Waals surface area (Å²) in [5.74, 6) is 0.741. The highest BCUT2D eigenvalue weighted by Gasteiger charge is 2.17. The van der Waals surface area contributed by atoms with Crippen molar-refractivity contribution in [1.82, 2.24) is 5.32 Å². The normalized spacial score (nSPS) is 12.0. The number of rotatable bonds is 5. The van der Waals surface area contributed by atoms with E-state index in [1.165, 1.54) is 24.0 Å². The van der Waals surface area contributed by atoms with E-state index in [-0.39, 0.29) is 5.91 Å². The van der Waals surface area contributed by atoms with E-state index in [9.17, 15) is 4.79 Å². The van der Waals surface area contributed by atoms with Crippen molar-refractivity contribution >= 4 is 5.91 Å². The fourth-order valence-electron chi connectivity index (χ4n) is 3.10. The van der Waals surface area contributed by atoms with Crippen LogP contribution in [0.1, 0.15) is 123 Å². The van der Waals surface area contributed by atoms with Crippen molar-refractivity contribution in [3.63, 3.8) is 0 Å². The number of carbonyl (C=O) groups excluding carboxylic acids is 1. The average molecular weight is 500 g/mol. The van der Waals surface area contributed by atoms with Crippen molar-refractivity contribution in [2.45, 2.75) is 121 Å². The number of ether oxygens (including phenoxy) is 1. The lowest BCUT2D eigenvalue weighted by atomic mass is 10.1. The van der Waals surface area contributed by atoms with Crippen LogP contribution in [0.25, 0.3) is 0 Å². The van der Waals surface area contributed by atoms with E-state index in [1.54, 1.807) is 0 Å². The van der Waals surface area contributed by atoms with E-state index in [2.05, 4.69) is 31.3 Å². The zero-order valence-corrected chi connectivity index (χ0v) is 25.6. The van der Waals surface area contributed by atoms with Gasteiger partial charge in [0, 0.05) is 5.56 Å². The van der Waals surface area contributed by atoms with Crippen molar-refractivity contribution < 1.29 is 9.53 Å². The van der Waals surface area contributed by atoms with Crippen molar-refractivity contribution in [3.8, 4) is 0 Å². The van der Waals surface area contributed by atoms with Gasteiger partial charge in [0.15, 0.2) is 0 Å². The van der Waals surface area contributed by atoms with E-state index in [1.807, 2.05) is 112 Å². The first-order valence-corrected chi connectivity index (χ1v) is 14.3. The fraction of sp³-hybridized carbons (Fsp3) is 0.545. The summed E-state index contributed by atoms with van der Waals surface area (Å²) in [6, 6.07) is 18.0. The third-order valence-corrected chi connectivity index (χ3v) is 5.04. The van der Waals surface area contributed by atoms with Crippen molar-refractivity contribution in [1.29, 1.82) is 0 Å². The van der Waals surface area contributed by atoms with Crippen molar-refractivity contribution in [2.75, 3.05) is 0 Å². The van der Waals surface area contributed by atoms with Crippen LogP contribution >= 0.6 is 0 Å². The molecule has 0 unspecified atom stereocenters. The molecule has 1 saturated carbocycles. The van der Waals surface area contributed by atoms with Gasteiger partial charge >= 0.3 is 0 Å². The molecule has 3 rings (SSSR count). The maximum atomic E-state index is 12.2. The van der Waals surface area contributed by atoms with Gasteiger partial charge in [0.1, 0.15) is 5.76 Å². The number of nitrogens with one attached hydrogen (secondary N) is 1. The Hall–Kier alpha value is -2.55. The molecule has 1 amide bonds. The summed E-state index contributed by atoms with van der Waals surface area (Å²) in [6.07, 6.45) is 6.03. The molecule has 36 heavy (non-hydrogen) atoms. The molecule has 0 radical (unpaired) electrons. The summed E-state index contributed by atoms with van der Waals surface area (Å²) in [7, 11) is 0. The molecule has 0 spiro atoms. The van der Waals surface area contributed by atoms with Crippen molar-refractivity contribution in [3.05, 3.63) is 82.7 Å². The third kappa shape index (κ3) is 17.8. The standard InChI is InChI=1S/C18H25NO2.C7H8.4C2H6/c1-4-15-9-11-16(12-10-15)18(20)19-13(2)14(3)21-17-7-5-6-8-17;1-7-5-3-2-4-6-7;4*1-2/h9-12,17H,4-8H2,1-3H3,(H,19,20);2-6H,1H3;4*1-2H3/b14-13-;;;;;. The Labute approximate surface area is 224 Å². The van der Waals surface area contributed by atoms with Gasteiger partial charge in [-0.05, 0) is 70.6 Å². The van der Waals surface area contributed by atoms with Gasteiger partial charge in [-0.3, -0.25) is 4.79 Å². The van der Waals surface area contributed by atoms with Gasteiger partial charge in [-0.1, -0.05) is 110 Å². The smallest absolute Gasteiger partial charge is 0.255 e. The van der Waals surface area contributed by atoms with Crippen LogP contribution in [0.15, 0.2) is 66.1 Å². The molecule has 0 aliphatic heterocycles. The molecular weight excluding hydrogens is 442 g/mol. The van der Waals surface area contributed by atoms with Crippen LogP contribution in [0.5, 0.6) is 0 Å². The third-order valence-electron chi connectivity index (χ3n) is 5.04. The first-order chi connectivity index (χ1) is 17.5. The lowest BCUT2D eigenvalue weighted by molar-refractivity contribution is 0.0948. The summed E-state index contributed by atoms with van der Waals surface area (Å²) < 4.78 is 5.91. The molecule has 1 aliphatic carbocycles. The fourth-order valence-corrected chi connectivity index (χ4v) is 3.10. The molecule has 3 heteroatoms. The van der Waals surface area contributed by atoms with Gasteiger partial charge in [-0.2, -0.15) is 0 Å². The maximum Gasteiger partial charge on any atom is 0.255 e. The quantitative estimate of drug-likeness (QED) is 0.415. The van der Waals surface area contributed by atoms with Crippen LogP contribution < -0.4 is 5.32 Å². The molecule has 1 N–H and O–H groups in total. The van der Waals surface area contributed by atoms with Crippen LogP contribution in [0, 0.1) is 6.92 Å². The summed E-state index contributed by atoms with van der Waals surface area (Å²) in [5, 5.41) is 2.92. The zero-order chi connectivity index (χ0) is 28.4. The minimum absolute atomic E-state index is 0.0791. The molecule has 0 heterocycles. The SMILES string of the molecule is CC.CC.CC.CC.CCc1ccc(C(=O)N/C(C)=C(/C)OC2CCCC2)cc1.Cc1ccccc1. The first kappa shape index (κ1) is 38.0. The summed E-state index contributed by atoms with van der Waals surface area (Å²) in [6.45, 7) is 24.0.